The van der Waals surface area contributed by atoms with Gasteiger partial charge in [0.2, 0.25) is 0 Å². The lowest BCUT2D eigenvalue weighted by Gasteiger charge is -2.07. The first-order valence-corrected chi connectivity index (χ1v) is 5.89. The Labute approximate surface area is 102 Å². The predicted octanol–water partition coefficient (Wildman–Crippen LogP) is 1.20. The van der Waals surface area contributed by atoms with E-state index < -0.39 is 5.97 Å². The average molecular weight is 246 g/mol. The molecule has 0 aromatic carbocycles. The molecule has 0 heterocycles. The van der Waals surface area contributed by atoms with Crippen LogP contribution in [0.4, 0.5) is 0 Å². The molecule has 0 radical (unpaired) electrons. The largest absolute Gasteiger partial charge is 0.466 e. The molecule has 0 bridgehead atoms. The average Bonchev–Trinajstić information content (AvgIpc) is 2.23. The first-order valence-electron chi connectivity index (χ1n) is 5.89. The van der Waals surface area contributed by atoms with Gasteiger partial charge in [0.05, 0.1) is 19.8 Å². The highest BCUT2D eigenvalue weighted by Gasteiger charge is 2.09. The van der Waals surface area contributed by atoms with E-state index in [-0.39, 0.29) is 25.4 Å². The van der Waals surface area contributed by atoms with Crippen LogP contribution in [0.25, 0.3) is 0 Å². The van der Waals surface area contributed by atoms with E-state index in [1.807, 2.05) is 0 Å². The summed E-state index contributed by atoms with van der Waals surface area (Å²) in [7, 11) is 0. The Morgan fingerprint density at radius 2 is 1.76 bits per heavy atom. The summed E-state index contributed by atoms with van der Waals surface area (Å²) in [6, 6.07) is 0. The van der Waals surface area contributed by atoms with Crippen molar-refractivity contribution < 1.29 is 23.8 Å². The maximum Gasteiger partial charge on any atom is 0.313 e. The normalized spacial score (nSPS) is 10.6. The maximum atomic E-state index is 11.2. The Bertz CT molecular complexity index is 225. The van der Waals surface area contributed by atoms with Crippen LogP contribution in [0, 0.1) is 5.92 Å². The van der Waals surface area contributed by atoms with E-state index in [1.165, 1.54) is 0 Å². The summed E-state index contributed by atoms with van der Waals surface area (Å²) in [6.07, 6.45) is -0.222. The van der Waals surface area contributed by atoms with Crippen LogP contribution in [0.3, 0.4) is 0 Å². The minimum Gasteiger partial charge on any atom is -0.466 e. The fourth-order valence-corrected chi connectivity index (χ4v) is 1.05. The molecule has 17 heavy (non-hydrogen) atoms. The Balaban J connectivity index is 3.36. The van der Waals surface area contributed by atoms with Crippen molar-refractivity contribution in [3.8, 4) is 0 Å². The molecule has 0 amide bonds. The van der Waals surface area contributed by atoms with Gasteiger partial charge < -0.3 is 14.2 Å². The molecule has 100 valence electrons. The van der Waals surface area contributed by atoms with E-state index in [9.17, 15) is 9.59 Å². The molecule has 0 aromatic heterocycles. The highest BCUT2D eigenvalue weighted by atomic mass is 16.5. The van der Waals surface area contributed by atoms with Crippen molar-refractivity contribution >= 4 is 11.8 Å². The minimum atomic E-state index is -0.503. The van der Waals surface area contributed by atoms with Crippen LogP contribution in [-0.4, -0.2) is 44.8 Å². The molecular formula is C12H22O5. The third kappa shape index (κ3) is 11.3. The molecule has 0 aromatic rings. The molecule has 0 N–H and O–H groups in total. The van der Waals surface area contributed by atoms with E-state index in [4.69, 9.17) is 9.47 Å². The lowest BCUT2D eigenvalue weighted by atomic mass is 10.2. The number of Topliss-reactive ketones (excluding diaryl/α,β-unsaturated/α-hetero) is 1. The van der Waals surface area contributed by atoms with Crippen LogP contribution in [0.1, 0.15) is 27.2 Å². The SMILES string of the molecule is CCOC(=O)CC(=O)COCCOCC(C)C. The van der Waals surface area contributed by atoms with Crippen molar-refractivity contribution in [1.29, 1.82) is 0 Å². The number of ether oxygens (including phenoxy) is 3. The minimum absolute atomic E-state index is 0.0656. The second kappa shape index (κ2) is 10.2. The van der Waals surface area contributed by atoms with E-state index in [0.717, 1.165) is 0 Å². The van der Waals surface area contributed by atoms with Gasteiger partial charge in [-0.3, -0.25) is 9.59 Å². The third-order valence-corrected chi connectivity index (χ3v) is 1.73. The van der Waals surface area contributed by atoms with Crippen LogP contribution in [0.15, 0.2) is 0 Å². The number of hydrogen-bond acceptors (Lipinski definition) is 5. The second-order valence-corrected chi connectivity index (χ2v) is 4.04. The quantitative estimate of drug-likeness (QED) is 0.329. The summed E-state index contributed by atoms with van der Waals surface area (Å²) in [4.78, 5) is 22.1. The van der Waals surface area contributed by atoms with Crippen LogP contribution in [-0.2, 0) is 23.8 Å². The topological polar surface area (TPSA) is 61.8 Å². The molecule has 0 fully saturated rings. The van der Waals surface area contributed by atoms with Gasteiger partial charge in [0.1, 0.15) is 13.0 Å². The smallest absolute Gasteiger partial charge is 0.313 e. The number of carbonyl (C=O) groups excluding carboxylic acids is 2. The molecule has 0 saturated heterocycles. The lowest BCUT2D eigenvalue weighted by Crippen LogP contribution is -2.17. The molecule has 0 spiro atoms. The van der Waals surface area contributed by atoms with E-state index >= 15 is 0 Å². The summed E-state index contributed by atoms with van der Waals surface area (Å²) in [5.74, 6) is -0.287. The van der Waals surface area contributed by atoms with Gasteiger partial charge in [-0.2, -0.15) is 0 Å². The molecule has 0 rings (SSSR count). The van der Waals surface area contributed by atoms with Gasteiger partial charge in [0.25, 0.3) is 0 Å². The summed E-state index contributed by atoms with van der Waals surface area (Å²) >= 11 is 0. The van der Waals surface area contributed by atoms with Gasteiger partial charge in [0.15, 0.2) is 5.78 Å². The fourth-order valence-electron chi connectivity index (χ4n) is 1.05. The number of carbonyl (C=O) groups is 2. The van der Waals surface area contributed by atoms with Crippen molar-refractivity contribution in [2.45, 2.75) is 27.2 Å². The highest BCUT2D eigenvalue weighted by Crippen LogP contribution is 1.93. The Kier molecular flexibility index (Phi) is 9.66. The molecule has 0 saturated carbocycles. The highest BCUT2D eigenvalue weighted by molar-refractivity contribution is 5.96. The van der Waals surface area contributed by atoms with Crippen LogP contribution in [0.2, 0.25) is 0 Å². The zero-order valence-corrected chi connectivity index (χ0v) is 10.9. The summed E-state index contributed by atoms with van der Waals surface area (Å²) < 4.78 is 15.0. The van der Waals surface area contributed by atoms with Crippen molar-refractivity contribution in [3.63, 3.8) is 0 Å². The standard InChI is InChI=1S/C12H22O5/c1-4-17-12(14)7-11(13)9-16-6-5-15-8-10(2)3/h10H,4-9H2,1-3H3. The lowest BCUT2D eigenvalue weighted by molar-refractivity contribution is -0.146. The Hall–Kier alpha value is -0.940. The summed E-state index contributed by atoms with van der Waals surface area (Å²) in [5, 5.41) is 0. The predicted molar refractivity (Wildman–Crippen MR) is 62.7 cm³/mol. The molecule has 0 aliphatic carbocycles. The van der Waals surface area contributed by atoms with Crippen molar-refractivity contribution in [3.05, 3.63) is 0 Å². The van der Waals surface area contributed by atoms with Gasteiger partial charge in [-0.25, -0.2) is 0 Å². The molecule has 0 unspecified atom stereocenters. The summed E-state index contributed by atoms with van der Waals surface area (Å²) in [5.41, 5.74) is 0. The van der Waals surface area contributed by atoms with Gasteiger partial charge in [-0.1, -0.05) is 13.8 Å². The van der Waals surface area contributed by atoms with Crippen molar-refractivity contribution in [1.82, 2.24) is 0 Å². The molecule has 0 aliphatic heterocycles. The monoisotopic (exact) mass is 246 g/mol. The van der Waals surface area contributed by atoms with E-state index in [2.05, 4.69) is 18.6 Å². The van der Waals surface area contributed by atoms with Gasteiger partial charge >= 0.3 is 5.97 Å². The van der Waals surface area contributed by atoms with E-state index in [0.29, 0.717) is 25.7 Å². The number of esters is 1. The van der Waals surface area contributed by atoms with Crippen molar-refractivity contribution in [2.75, 3.05) is 33.0 Å². The van der Waals surface area contributed by atoms with Gasteiger partial charge in [-0.05, 0) is 12.8 Å². The molecule has 0 aliphatic rings. The molecule has 5 nitrogen and oxygen atoms in total. The maximum absolute atomic E-state index is 11.2. The van der Waals surface area contributed by atoms with Gasteiger partial charge in [-0.15, -0.1) is 0 Å². The Morgan fingerprint density at radius 1 is 1.12 bits per heavy atom. The molecular weight excluding hydrogens is 224 g/mol. The van der Waals surface area contributed by atoms with Crippen LogP contribution < -0.4 is 0 Å². The van der Waals surface area contributed by atoms with E-state index in [1.54, 1.807) is 6.92 Å². The first kappa shape index (κ1) is 16.1. The van der Waals surface area contributed by atoms with Crippen LogP contribution in [0.5, 0.6) is 0 Å². The molecule has 5 heteroatoms. The third-order valence-electron chi connectivity index (χ3n) is 1.73. The van der Waals surface area contributed by atoms with Gasteiger partial charge in [0, 0.05) is 6.61 Å². The second-order valence-electron chi connectivity index (χ2n) is 4.04. The molecule has 0 atom stereocenters. The zero-order valence-electron chi connectivity index (χ0n) is 10.9. The Morgan fingerprint density at radius 3 is 2.35 bits per heavy atom. The van der Waals surface area contributed by atoms with Crippen molar-refractivity contribution in [2.24, 2.45) is 5.92 Å². The van der Waals surface area contributed by atoms with Crippen LogP contribution >= 0.6 is 0 Å². The fraction of sp³-hybridized carbons (Fsp3) is 0.833. The number of ketones is 1. The first-order chi connectivity index (χ1) is 8.06. The number of hydrogen-bond donors (Lipinski definition) is 0. The number of rotatable bonds is 10. The zero-order chi connectivity index (χ0) is 13.1. The summed E-state index contributed by atoms with van der Waals surface area (Å²) in [6.45, 7) is 7.55.